The van der Waals surface area contributed by atoms with Crippen molar-refractivity contribution in [2.24, 2.45) is 0 Å². The van der Waals surface area contributed by atoms with Crippen LogP contribution in [-0.2, 0) is 19.4 Å². The summed E-state index contributed by atoms with van der Waals surface area (Å²) in [6.07, 6.45) is 1.10. The molecule has 0 aliphatic carbocycles. The maximum absolute atomic E-state index is 12.9. The molecule has 20 heavy (non-hydrogen) atoms. The van der Waals surface area contributed by atoms with E-state index in [0.717, 1.165) is 35.4 Å². The van der Waals surface area contributed by atoms with Crippen molar-refractivity contribution in [3.8, 4) is 0 Å². The highest BCUT2D eigenvalue weighted by Crippen LogP contribution is 2.24. The van der Waals surface area contributed by atoms with Gasteiger partial charge < -0.3 is 5.11 Å². The maximum Gasteiger partial charge on any atom is 0.123 e. The van der Waals surface area contributed by atoms with Gasteiger partial charge in [-0.3, -0.25) is 4.68 Å². The van der Waals surface area contributed by atoms with E-state index in [2.05, 4.69) is 12.0 Å². The van der Waals surface area contributed by atoms with Crippen molar-refractivity contribution >= 4 is 0 Å². The molecule has 0 radical (unpaired) electrons. The SMILES string of the molecule is CCc1nn(Cc2ccc(F)cc2)c(CC)c1C(C)O. The lowest BCUT2D eigenvalue weighted by molar-refractivity contribution is 0.197. The minimum absolute atomic E-state index is 0.233. The summed E-state index contributed by atoms with van der Waals surface area (Å²) in [5.74, 6) is -0.233. The molecule has 0 fully saturated rings. The smallest absolute Gasteiger partial charge is 0.123 e. The van der Waals surface area contributed by atoms with Crippen LogP contribution in [0.5, 0.6) is 0 Å². The second-order valence-corrected chi connectivity index (χ2v) is 4.97. The molecule has 4 heteroatoms. The van der Waals surface area contributed by atoms with Crippen LogP contribution >= 0.6 is 0 Å². The van der Waals surface area contributed by atoms with Crippen LogP contribution in [0.2, 0.25) is 0 Å². The van der Waals surface area contributed by atoms with E-state index < -0.39 is 6.10 Å². The van der Waals surface area contributed by atoms with Gasteiger partial charge in [-0.15, -0.1) is 0 Å². The van der Waals surface area contributed by atoms with Crippen LogP contribution in [0.4, 0.5) is 4.39 Å². The first kappa shape index (κ1) is 14.7. The standard InChI is InChI=1S/C16H21FN2O/c1-4-14-16(11(3)20)15(5-2)19(18-14)10-12-6-8-13(17)9-7-12/h6-9,11,20H,4-5,10H2,1-3H3. The third-order valence-corrected chi connectivity index (χ3v) is 3.51. The van der Waals surface area contributed by atoms with Gasteiger partial charge >= 0.3 is 0 Å². The Morgan fingerprint density at radius 2 is 1.85 bits per heavy atom. The van der Waals surface area contributed by atoms with Gasteiger partial charge in [0.1, 0.15) is 5.82 Å². The molecule has 0 bridgehead atoms. The van der Waals surface area contributed by atoms with E-state index in [4.69, 9.17) is 0 Å². The molecule has 108 valence electrons. The van der Waals surface area contributed by atoms with Crippen LogP contribution in [0.15, 0.2) is 24.3 Å². The Bertz CT molecular complexity index is 573. The normalized spacial score (nSPS) is 12.7. The summed E-state index contributed by atoms with van der Waals surface area (Å²) in [5, 5.41) is 14.6. The van der Waals surface area contributed by atoms with Gasteiger partial charge in [0, 0.05) is 11.3 Å². The molecule has 1 aromatic heterocycles. The van der Waals surface area contributed by atoms with Gasteiger partial charge in [-0.1, -0.05) is 26.0 Å². The van der Waals surface area contributed by atoms with Crippen molar-refractivity contribution in [3.63, 3.8) is 0 Å². The number of benzene rings is 1. The number of hydrogen-bond donors (Lipinski definition) is 1. The van der Waals surface area contributed by atoms with E-state index in [-0.39, 0.29) is 5.82 Å². The number of rotatable bonds is 5. The summed E-state index contributed by atoms with van der Waals surface area (Å²) in [5.41, 5.74) is 3.95. The number of aliphatic hydroxyl groups is 1. The first-order chi connectivity index (χ1) is 9.56. The molecule has 0 aliphatic rings. The molecule has 1 heterocycles. The maximum atomic E-state index is 12.9. The Morgan fingerprint density at radius 1 is 1.20 bits per heavy atom. The molecule has 0 aliphatic heterocycles. The van der Waals surface area contributed by atoms with E-state index in [9.17, 15) is 9.50 Å². The Kier molecular flexibility index (Phi) is 4.55. The van der Waals surface area contributed by atoms with E-state index in [1.54, 1.807) is 19.1 Å². The average Bonchev–Trinajstić information content (AvgIpc) is 2.79. The number of hydrogen-bond acceptors (Lipinski definition) is 2. The van der Waals surface area contributed by atoms with Crippen molar-refractivity contribution in [1.29, 1.82) is 0 Å². The number of aliphatic hydroxyl groups excluding tert-OH is 1. The van der Waals surface area contributed by atoms with Gasteiger partial charge in [0.15, 0.2) is 0 Å². The molecule has 0 spiro atoms. The van der Waals surface area contributed by atoms with Gasteiger partial charge in [0.2, 0.25) is 0 Å². The highest BCUT2D eigenvalue weighted by molar-refractivity contribution is 5.30. The summed E-state index contributed by atoms with van der Waals surface area (Å²) in [4.78, 5) is 0. The van der Waals surface area contributed by atoms with Gasteiger partial charge in [-0.25, -0.2) is 4.39 Å². The molecular weight excluding hydrogens is 255 g/mol. The Balaban J connectivity index is 2.38. The number of aromatic nitrogens is 2. The molecule has 1 atom stereocenters. The molecule has 0 amide bonds. The molecule has 3 nitrogen and oxygen atoms in total. The number of aryl methyl sites for hydroxylation is 1. The second-order valence-electron chi connectivity index (χ2n) is 4.97. The zero-order chi connectivity index (χ0) is 14.7. The molecule has 1 N–H and O–H groups in total. The minimum atomic E-state index is -0.512. The highest BCUT2D eigenvalue weighted by Gasteiger charge is 2.19. The quantitative estimate of drug-likeness (QED) is 0.910. The molecule has 2 rings (SSSR count). The summed E-state index contributed by atoms with van der Waals surface area (Å²) in [7, 11) is 0. The summed E-state index contributed by atoms with van der Waals surface area (Å²) >= 11 is 0. The summed E-state index contributed by atoms with van der Waals surface area (Å²) < 4.78 is 14.9. The molecule has 1 unspecified atom stereocenters. The number of nitrogens with zero attached hydrogens (tertiary/aromatic N) is 2. The fraction of sp³-hybridized carbons (Fsp3) is 0.438. The topological polar surface area (TPSA) is 38.0 Å². The van der Waals surface area contributed by atoms with Gasteiger partial charge in [0.25, 0.3) is 0 Å². The zero-order valence-electron chi connectivity index (χ0n) is 12.2. The third-order valence-electron chi connectivity index (χ3n) is 3.51. The average molecular weight is 276 g/mol. The first-order valence-corrected chi connectivity index (χ1v) is 7.07. The summed E-state index contributed by atoms with van der Waals surface area (Å²) in [6, 6.07) is 6.45. The van der Waals surface area contributed by atoms with Crippen molar-refractivity contribution in [2.45, 2.75) is 46.3 Å². The molecular formula is C16H21FN2O. The van der Waals surface area contributed by atoms with Crippen molar-refractivity contribution in [3.05, 3.63) is 52.6 Å². The van der Waals surface area contributed by atoms with Gasteiger partial charge in [-0.2, -0.15) is 5.10 Å². The van der Waals surface area contributed by atoms with Gasteiger partial charge in [-0.05, 0) is 37.5 Å². The van der Waals surface area contributed by atoms with E-state index in [1.807, 2.05) is 11.6 Å². The second kappa shape index (κ2) is 6.18. The lowest BCUT2D eigenvalue weighted by Gasteiger charge is -2.10. The molecule has 0 saturated carbocycles. The van der Waals surface area contributed by atoms with E-state index in [0.29, 0.717) is 6.54 Å². The van der Waals surface area contributed by atoms with Crippen molar-refractivity contribution in [2.75, 3.05) is 0 Å². The van der Waals surface area contributed by atoms with Crippen LogP contribution in [0, 0.1) is 5.82 Å². The summed E-state index contributed by atoms with van der Waals surface area (Å²) in [6.45, 7) is 6.47. The van der Waals surface area contributed by atoms with Crippen molar-refractivity contribution < 1.29 is 9.50 Å². The van der Waals surface area contributed by atoms with E-state index >= 15 is 0 Å². The predicted octanol–water partition coefficient (Wildman–Crippen LogP) is 3.25. The Labute approximate surface area is 119 Å². The van der Waals surface area contributed by atoms with Crippen molar-refractivity contribution in [1.82, 2.24) is 9.78 Å². The monoisotopic (exact) mass is 276 g/mol. The minimum Gasteiger partial charge on any atom is -0.389 e. The fourth-order valence-corrected chi connectivity index (χ4v) is 2.58. The predicted molar refractivity (Wildman–Crippen MR) is 77.1 cm³/mol. The van der Waals surface area contributed by atoms with Crippen LogP contribution in [0.3, 0.4) is 0 Å². The molecule has 0 saturated heterocycles. The van der Waals surface area contributed by atoms with Gasteiger partial charge in [0.05, 0.1) is 18.3 Å². The molecule has 1 aromatic carbocycles. The third kappa shape index (κ3) is 2.90. The van der Waals surface area contributed by atoms with Crippen LogP contribution in [0.25, 0.3) is 0 Å². The first-order valence-electron chi connectivity index (χ1n) is 7.07. The fourth-order valence-electron chi connectivity index (χ4n) is 2.58. The van der Waals surface area contributed by atoms with E-state index in [1.165, 1.54) is 12.1 Å². The largest absolute Gasteiger partial charge is 0.389 e. The number of halogens is 1. The zero-order valence-corrected chi connectivity index (χ0v) is 12.2. The molecule has 2 aromatic rings. The highest BCUT2D eigenvalue weighted by atomic mass is 19.1. The van der Waals surface area contributed by atoms with Crippen LogP contribution in [-0.4, -0.2) is 14.9 Å². The Hall–Kier alpha value is -1.68. The van der Waals surface area contributed by atoms with Crippen LogP contribution < -0.4 is 0 Å². The lowest BCUT2D eigenvalue weighted by atomic mass is 10.0. The lowest BCUT2D eigenvalue weighted by Crippen LogP contribution is -2.07. The van der Waals surface area contributed by atoms with Crippen LogP contribution in [0.1, 0.15) is 49.4 Å². The Morgan fingerprint density at radius 3 is 2.35 bits per heavy atom.